The minimum absolute atomic E-state index is 0.0343. The summed E-state index contributed by atoms with van der Waals surface area (Å²) in [7, 11) is 0. The van der Waals surface area contributed by atoms with Crippen LogP contribution in [0.1, 0.15) is 58.2 Å². The monoisotopic (exact) mass is 402 g/mol. The maximum atomic E-state index is 13.1. The lowest BCUT2D eigenvalue weighted by atomic mass is 9.78. The zero-order valence-electron chi connectivity index (χ0n) is 18.9. The fourth-order valence-corrected chi connectivity index (χ4v) is 4.95. The highest BCUT2D eigenvalue weighted by Gasteiger charge is 2.47. The molecule has 2 fully saturated rings. The summed E-state index contributed by atoms with van der Waals surface area (Å²) in [5.41, 5.74) is 1.84. The molecule has 0 radical (unpaired) electrons. The van der Waals surface area contributed by atoms with E-state index in [1.54, 1.807) is 0 Å². The molecule has 5 heteroatoms. The Morgan fingerprint density at radius 2 is 1.86 bits per heavy atom. The molecular formula is C24H38N2O3. The lowest BCUT2D eigenvalue weighted by Gasteiger charge is -2.43. The van der Waals surface area contributed by atoms with Crippen molar-refractivity contribution in [2.24, 2.45) is 17.3 Å². The van der Waals surface area contributed by atoms with Gasteiger partial charge < -0.3 is 19.6 Å². The van der Waals surface area contributed by atoms with Gasteiger partial charge in [0.05, 0.1) is 6.04 Å². The zero-order chi connectivity index (χ0) is 21.4. The Bertz CT molecular complexity index is 725. The number of piperidine rings is 1. The van der Waals surface area contributed by atoms with E-state index in [2.05, 4.69) is 49.9 Å². The lowest BCUT2D eigenvalue weighted by Crippen LogP contribution is -2.48. The van der Waals surface area contributed by atoms with Gasteiger partial charge in [0.2, 0.25) is 0 Å². The first-order chi connectivity index (χ1) is 13.5. The fourth-order valence-electron chi connectivity index (χ4n) is 4.95. The molecule has 2 aliphatic heterocycles. The standard InChI is InChI=1S/C24H38N2O3/c1-17-9-7-8-10-19(17)21-20-14-25(15-24(5,6)16-27)13-18(20)11-12-26(21)22(28)29-23(2,3)4/h7-10,18,20-21,27H,11-16H2,1-6H3/t18-,20?,21+/m1/s1. The molecule has 1 N–H and O–H groups in total. The summed E-state index contributed by atoms with van der Waals surface area (Å²) < 4.78 is 5.78. The van der Waals surface area contributed by atoms with Crippen LogP contribution in [0.15, 0.2) is 24.3 Å². The van der Waals surface area contributed by atoms with E-state index < -0.39 is 5.60 Å². The number of likely N-dealkylation sites (tertiary alicyclic amines) is 2. The van der Waals surface area contributed by atoms with E-state index in [0.717, 1.165) is 32.6 Å². The quantitative estimate of drug-likeness (QED) is 0.818. The van der Waals surface area contributed by atoms with Gasteiger partial charge in [-0.2, -0.15) is 0 Å². The molecular weight excluding hydrogens is 364 g/mol. The summed E-state index contributed by atoms with van der Waals surface area (Å²) in [4.78, 5) is 17.6. The predicted octanol–water partition coefficient (Wildman–Crippen LogP) is 4.24. The Morgan fingerprint density at radius 3 is 2.48 bits per heavy atom. The van der Waals surface area contributed by atoms with Crippen molar-refractivity contribution < 1.29 is 14.6 Å². The third-order valence-corrected chi connectivity index (χ3v) is 6.26. The average Bonchev–Trinajstić information content (AvgIpc) is 3.01. The van der Waals surface area contributed by atoms with Crippen molar-refractivity contribution in [3.05, 3.63) is 35.4 Å². The van der Waals surface area contributed by atoms with E-state index in [1.807, 2.05) is 25.7 Å². The molecule has 1 amide bonds. The first-order valence-electron chi connectivity index (χ1n) is 10.9. The van der Waals surface area contributed by atoms with Gasteiger partial charge in [0.15, 0.2) is 0 Å². The Balaban J connectivity index is 1.89. The molecule has 0 saturated carbocycles. The largest absolute Gasteiger partial charge is 0.444 e. The molecule has 3 atom stereocenters. The zero-order valence-corrected chi connectivity index (χ0v) is 18.9. The summed E-state index contributed by atoms with van der Waals surface area (Å²) in [6.07, 6.45) is 0.792. The summed E-state index contributed by atoms with van der Waals surface area (Å²) in [6, 6.07) is 8.46. The van der Waals surface area contributed by atoms with Crippen molar-refractivity contribution >= 4 is 6.09 Å². The molecule has 0 aromatic heterocycles. The van der Waals surface area contributed by atoms with Gasteiger partial charge in [-0.05, 0) is 51.2 Å². The highest BCUT2D eigenvalue weighted by Crippen LogP contribution is 2.45. The lowest BCUT2D eigenvalue weighted by molar-refractivity contribution is -0.00541. The van der Waals surface area contributed by atoms with Gasteiger partial charge in [0.25, 0.3) is 0 Å². The van der Waals surface area contributed by atoms with E-state index in [0.29, 0.717) is 11.8 Å². The fraction of sp³-hybridized carbons (Fsp3) is 0.708. The Hall–Kier alpha value is -1.59. The van der Waals surface area contributed by atoms with Crippen LogP contribution >= 0.6 is 0 Å². The summed E-state index contributed by atoms with van der Waals surface area (Å²) in [5.74, 6) is 0.944. The number of rotatable bonds is 4. The number of ether oxygens (including phenoxy) is 1. The molecule has 5 nitrogen and oxygen atoms in total. The van der Waals surface area contributed by atoms with Crippen LogP contribution in [0, 0.1) is 24.2 Å². The van der Waals surface area contributed by atoms with Crippen LogP contribution in [0.4, 0.5) is 4.79 Å². The topological polar surface area (TPSA) is 53.0 Å². The molecule has 2 heterocycles. The van der Waals surface area contributed by atoms with Crippen molar-refractivity contribution in [1.82, 2.24) is 9.80 Å². The van der Waals surface area contributed by atoms with Crippen molar-refractivity contribution in [3.63, 3.8) is 0 Å². The minimum Gasteiger partial charge on any atom is -0.444 e. The van der Waals surface area contributed by atoms with Gasteiger partial charge in [-0.3, -0.25) is 0 Å². The number of aliphatic hydroxyl groups is 1. The number of fused-ring (bicyclic) bond motifs is 1. The van der Waals surface area contributed by atoms with E-state index in [4.69, 9.17) is 4.74 Å². The summed E-state index contributed by atoms with van der Waals surface area (Å²) in [6.45, 7) is 15.9. The van der Waals surface area contributed by atoms with Gasteiger partial charge in [-0.25, -0.2) is 4.79 Å². The molecule has 0 aliphatic carbocycles. The number of hydrogen-bond acceptors (Lipinski definition) is 4. The summed E-state index contributed by atoms with van der Waals surface area (Å²) in [5, 5.41) is 9.71. The number of carbonyl (C=O) groups excluding carboxylic acids is 1. The highest BCUT2D eigenvalue weighted by atomic mass is 16.6. The molecule has 1 aromatic rings. The Labute approximate surface area is 176 Å². The van der Waals surface area contributed by atoms with E-state index in [9.17, 15) is 9.90 Å². The number of hydrogen-bond donors (Lipinski definition) is 1. The van der Waals surface area contributed by atoms with Crippen LogP contribution in [0.5, 0.6) is 0 Å². The average molecular weight is 403 g/mol. The first-order valence-corrected chi connectivity index (χ1v) is 10.9. The van der Waals surface area contributed by atoms with E-state index in [-0.39, 0.29) is 24.2 Å². The number of aryl methyl sites for hydroxylation is 1. The maximum Gasteiger partial charge on any atom is 0.410 e. The highest BCUT2D eigenvalue weighted by molar-refractivity contribution is 5.69. The van der Waals surface area contributed by atoms with Crippen LogP contribution in [0.2, 0.25) is 0 Å². The number of carbonyl (C=O) groups is 1. The molecule has 1 unspecified atom stereocenters. The molecule has 0 bridgehead atoms. The van der Waals surface area contributed by atoms with Crippen molar-refractivity contribution in [3.8, 4) is 0 Å². The number of nitrogens with zero attached hydrogens (tertiary/aromatic N) is 2. The molecule has 1 aromatic carbocycles. The molecule has 29 heavy (non-hydrogen) atoms. The second-order valence-electron chi connectivity index (χ2n) is 10.7. The number of aliphatic hydroxyl groups excluding tert-OH is 1. The molecule has 0 spiro atoms. The Morgan fingerprint density at radius 1 is 1.17 bits per heavy atom. The van der Waals surface area contributed by atoms with Crippen LogP contribution < -0.4 is 0 Å². The van der Waals surface area contributed by atoms with Gasteiger partial charge in [0, 0.05) is 44.1 Å². The summed E-state index contributed by atoms with van der Waals surface area (Å²) >= 11 is 0. The SMILES string of the molecule is Cc1ccccc1[C@H]1C2CN(CC(C)(C)CO)C[C@H]2CCN1C(=O)OC(C)(C)C. The number of amides is 1. The van der Waals surface area contributed by atoms with Gasteiger partial charge >= 0.3 is 6.09 Å². The minimum atomic E-state index is -0.503. The van der Waals surface area contributed by atoms with Crippen molar-refractivity contribution in [2.45, 2.75) is 59.6 Å². The predicted molar refractivity (Wildman–Crippen MR) is 116 cm³/mol. The Kier molecular flexibility index (Phi) is 6.30. The second-order valence-corrected chi connectivity index (χ2v) is 10.7. The van der Waals surface area contributed by atoms with Gasteiger partial charge in [0.1, 0.15) is 5.60 Å². The maximum absolute atomic E-state index is 13.1. The van der Waals surface area contributed by atoms with Crippen LogP contribution in [-0.2, 0) is 4.74 Å². The van der Waals surface area contributed by atoms with Gasteiger partial charge in [-0.15, -0.1) is 0 Å². The van der Waals surface area contributed by atoms with Crippen LogP contribution in [-0.4, -0.2) is 59.4 Å². The molecule has 3 rings (SSSR count). The van der Waals surface area contributed by atoms with E-state index >= 15 is 0 Å². The van der Waals surface area contributed by atoms with E-state index in [1.165, 1.54) is 11.1 Å². The van der Waals surface area contributed by atoms with Crippen LogP contribution in [0.3, 0.4) is 0 Å². The molecule has 2 aliphatic rings. The van der Waals surface area contributed by atoms with Gasteiger partial charge in [-0.1, -0.05) is 38.1 Å². The first kappa shape index (κ1) is 22.1. The third kappa shape index (κ3) is 5.13. The molecule has 162 valence electrons. The van der Waals surface area contributed by atoms with Crippen LogP contribution in [0.25, 0.3) is 0 Å². The number of benzene rings is 1. The molecule has 2 saturated heterocycles. The smallest absolute Gasteiger partial charge is 0.410 e. The van der Waals surface area contributed by atoms with Crippen molar-refractivity contribution in [1.29, 1.82) is 0 Å². The normalized spacial score (nSPS) is 25.8. The third-order valence-electron chi connectivity index (χ3n) is 6.26. The van der Waals surface area contributed by atoms with Crippen molar-refractivity contribution in [2.75, 3.05) is 32.8 Å². The second kappa shape index (κ2) is 8.27.